The zero-order chi connectivity index (χ0) is 21.4. The lowest BCUT2D eigenvalue weighted by atomic mass is 10.1. The molecule has 1 aromatic carbocycles. The van der Waals surface area contributed by atoms with Crippen molar-refractivity contribution < 1.29 is 9.21 Å². The van der Waals surface area contributed by atoms with Crippen LogP contribution in [0.1, 0.15) is 41.6 Å². The van der Waals surface area contributed by atoms with E-state index in [4.69, 9.17) is 4.42 Å². The fraction of sp³-hybridized carbons (Fsp3) is 0.348. The lowest BCUT2D eigenvalue weighted by Crippen LogP contribution is -2.23. The Bertz CT molecular complexity index is 1200. The number of nitrogens with zero attached hydrogens (tertiary/aromatic N) is 4. The number of thioether (sulfide) groups is 1. The van der Waals surface area contributed by atoms with Crippen LogP contribution in [0.15, 0.2) is 52.2 Å². The number of aromatic nitrogens is 4. The monoisotopic (exact) mass is 435 g/mol. The number of ketones is 1. The maximum atomic E-state index is 13.4. The number of aromatic amines is 1. The van der Waals surface area contributed by atoms with Gasteiger partial charge in [-0.2, -0.15) is 0 Å². The van der Waals surface area contributed by atoms with E-state index < -0.39 is 0 Å². The Hall–Kier alpha value is -3.00. The first kappa shape index (κ1) is 19.9. The molecule has 5 rings (SSSR count). The topological polar surface area (TPSA) is 80.0 Å². The molecule has 4 heterocycles. The molecule has 1 aliphatic heterocycles. The van der Waals surface area contributed by atoms with Crippen molar-refractivity contribution in [3.05, 3.63) is 59.7 Å². The predicted molar refractivity (Wildman–Crippen MR) is 122 cm³/mol. The van der Waals surface area contributed by atoms with E-state index in [1.807, 2.05) is 50.2 Å². The molecule has 1 fully saturated rings. The number of hydrogen-bond acceptors (Lipinski definition) is 6. The maximum Gasteiger partial charge on any atom is 0.228 e. The van der Waals surface area contributed by atoms with Crippen LogP contribution in [0.5, 0.6) is 0 Å². The molecule has 0 amide bonds. The third kappa shape index (κ3) is 3.76. The van der Waals surface area contributed by atoms with Gasteiger partial charge in [0.05, 0.1) is 18.1 Å². The van der Waals surface area contributed by atoms with E-state index >= 15 is 0 Å². The highest BCUT2D eigenvalue weighted by molar-refractivity contribution is 8.00. The summed E-state index contributed by atoms with van der Waals surface area (Å²) in [5.74, 6) is 1.78. The third-order valence-electron chi connectivity index (χ3n) is 5.77. The minimum absolute atomic E-state index is 0.0928. The summed E-state index contributed by atoms with van der Waals surface area (Å²) >= 11 is 1.45. The second-order valence-corrected chi connectivity index (χ2v) is 9.25. The molecule has 4 aromatic rings. The van der Waals surface area contributed by atoms with Crippen molar-refractivity contribution in [1.29, 1.82) is 0 Å². The van der Waals surface area contributed by atoms with Crippen molar-refractivity contribution in [3.8, 4) is 0 Å². The highest BCUT2D eigenvalue weighted by Gasteiger charge is 2.27. The molecule has 0 aliphatic carbocycles. The van der Waals surface area contributed by atoms with E-state index in [0.29, 0.717) is 6.54 Å². The number of aryl methyl sites for hydroxylation is 1. The van der Waals surface area contributed by atoms with Crippen LogP contribution in [0, 0.1) is 6.92 Å². The van der Waals surface area contributed by atoms with E-state index in [2.05, 4.69) is 24.6 Å². The van der Waals surface area contributed by atoms with Gasteiger partial charge in [-0.1, -0.05) is 30.0 Å². The fourth-order valence-electron chi connectivity index (χ4n) is 4.23. The van der Waals surface area contributed by atoms with Crippen molar-refractivity contribution in [2.24, 2.45) is 0 Å². The van der Waals surface area contributed by atoms with E-state index in [1.165, 1.54) is 11.8 Å². The molecule has 0 radical (unpaired) electrons. The van der Waals surface area contributed by atoms with Gasteiger partial charge in [0.1, 0.15) is 5.76 Å². The van der Waals surface area contributed by atoms with Gasteiger partial charge >= 0.3 is 0 Å². The Kier molecular flexibility index (Phi) is 5.31. The Balaban J connectivity index is 1.44. The molecule has 1 N–H and O–H groups in total. The summed E-state index contributed by atoms with van der Waals surface area (Å²) in [7, 11) is 0. The molecule has 31 heavy (non-hydrogen) atoms. The second kappa shape index (κ2) is 8.26. The number of nitrogens with one attached hydrogen (secondary N) is 1. The van der Waals surface area contributed by atoms with Crippen LogP contribution in [-0.2, 0) is 6.54 Å². The number of Topliss-reactive ketones (excluding diaryl/α,β-unsaturated/α-hetero) is 1. The van der Waals surface area contributed by atoms with Crippen LogP contribution in [-0.4, -0.2) is 43.9 Å². The molecule has 1 atom stereocenters. The first-order chi connectivity index (χ1) is 15.1. The number of para-hydroxylation sites is 1. The number of carbonyl (C=O) groups is 1. The Morgan fingerprint density at radius 1 is 1.19 bits per heavy atom. The third-order valence-corrected chi connectivity index (χ3v) is 6.85. The number of fused-ring (bicyclic) bond motifs is 1. The summed E-state index contributed by atoms with van der Waals surface area (Å²) in [5, 5.41) is 10.3. The van der Waals surface area contributed by atoms with Gasteiger partial charge in [-0.25, -0.2) is 0 Å². The number of anilines is 1. The Labute approximate surface area is 184 Å². The lowest BCUT2D eigenvalue weighted by Gasteiger charge is -2.18. The molecular formula is C23H25N5O2S. The van der Waals surface area contributed by atoms with Crippen molar-refractivity contribution in [1.82, 2.24) is 19.7 Å². The fourth-order valence-corrected chi connectivity index (χ4v) is 5.13. The summed E-state index contributed by atoms with van der Waals surface area (Å²) in [5.41, 5.74) is 2.64. The predicted octanol–water partition coefficient (Wildman–Crippen LogP) is 4.67. The first-order valence-corrected chi connectivity index (χ1v) is 11.5. The first-order valence-electron chi connectivity index (χ1n) is 10.6. The molecule has 1 aliphatic rings. The molecule has 1 unspecified atom stereocenters. The van der Waals surface area contributed by atoms with Crippen molar-refractivity contribution in [2.75, 3.05) is 18.0 Å². The minimum atomic E-state index is -0.302. The van der Waals surface area contributed by atoms with Crippen LogP contribution in [0.2, 0.25) is 0 Å². The summed E-state index contributed by atoms with van der Waals surface area (Å²) in [4.78, 5) is 19.0. The van der Waals surface area contributed by atoms with Gasteiger partial charge in [0.25, 0.3) is 0 Å². The highest BCUT2D eigenvalue weighted by Crippen LogP contribution is 2.32. The summed E-state index contributed by atoms with van der Waals surface area (Å²) in [6, 6.07) is 11.8. The van der Waals surface area contributed by atoms with Crippen molar-refractivity contribution in [2.45, 2.75) is 43.6 Å². The van der Waals surface area contributed by atoms with Gasteiger partial charge in [0.15, 0.2) is 10.9 Å². The average molecular weight is 436 g/mol. The SMILES string of the molecule is Cc1[nH]c2ccccc2c1C(=O)C(C)Sc1nnc(N2CCCC2)n1Cc1ccco1. The quantitative estimate of drug-likeness (QED) is 0.336. The standard InChI is InChI=1S/C23H25N5O2S/c1-15-20(18-9-3-4-10-19(18)24-15)21(29)16(2)31-23-26-25-22(27-11-5-6-12-27)28(23)14-17-8-7-13-30-17/h3-4,7-10,13,16,24H,5-6,11-12,14H2,1-2H3. The Morgan fingerprint density at radius 2 is 2.00 bits per heavy atom. The summed E-state index contributed by atoms with van der Waals surface area (Å²) in [6.07, 6.45) is 3.99. The normalized spacial score (nSPS) is 15.1. The van der Waals surface area contributed by atoms with Gasteiger partial charge in [-0.3, -0.25) is 9.36 Å². The number of H-pyrrole nitrogens is 1. The molecule has 0 spiro atoms. The van der Waals surface area contributed by atoms with Crippen LogP contribution in [0.3, 0.4) is 0 Å². The van der Waals surface area contributed by atoms with Gasteiger partial charge in [-0.15, -0.1) is 10.2 Å². The summed E-state index contributed by atoms with van der Waals surface area (Å²) in [6.45, 7) is 6.39. The molecule has 8 heteroatoms. The van der Waals surface area contributed by atoms with Crippen molar-refractivity contribution >= 4 is 34.4 Å². The number of hydrogen-bond donors (Lipinski definition) is 1. The molecular weight excluding hydrogens is 410 g/mol. The Morgan fingerprint density at radius 3 is 2.77 bits per heavy atom. The van der Waals surface area contributed by atoms with E-state index in [0.717, 1.165) is 65.0 Å². The largest absolute Gasteiger partial charge is 0.467 e. The molecule has 1 saturated heterocycles. The molecule has 0 bridgehead atoms. The second-order valence-electron chi connectivity index (χ2n) is 7.94. The molecule has 3 aromatic heterocycles. The maximum absolute atomic E-state index is 13.4. The van der Waals surface area contributed by atoms with Gasteiger partial charge in [0, 0.05) is 35.2 Å². The number of benzene rings is 1. The van der Waals surface area contributed by atoms with E-state index in [1.54, 1.807) is 6.26 Å². The van der Waals surface area contributed by atoms with Gasteiger partial charge < -0.3 is 14.3 Å². The summed E-state index contributed by atoms with van der Waals surface area (Å²) < 4.78 is 7.65. The van der Waals surface area contributed by atoms with E-state index in [-0.39, 0.29) is 11.0 Å². The van der Waals surface area contributed by atoms with E-state index in [9.17, 15) is 4.79 Å². The highest BCUT2D eigenvalue weighted by atomic mass is 32.2. The van der Waals surface area contributed by atoms with Crippen LogP contribution >= 0.6 is 11.8 Å². The van der Waals surface area contributed by atoms with Crippen LogP contribution < -0.4 is 4.90 Å². The lowest BCUT2D eigenvalue weighted by molar-refractivity contribution is 0.0995. The minimum Gasteiger partial charge on any atom is -0.467 e. The molecule has 160 valence electrons. The zero-order valence-corrected chi connectivity index (χ0v) is 18.5. The number of rotatable bonds is 7. The average Bonchev–Trinajstić information content (AvgIpc) is 3.55. The van der Waals surface area contributed by atoms with Gasteiger partial charge in [-0.05, 0) is 44.9 Å². The van der Waals surface area contributed by atoms with Crippen LogP contribution in [0.25, 0.3) is 10.9 Å². The van der Waals surface area contributed by atoms with Crippen molar-refractivity contribution in [3.63, 3.8) is 0 Å². The molecule has 0 saturated carbocycles. The van der Waals surface area contributed by atoms with Gasteiger partial charge in [0.2, 0.25) is 5.95 Å². The smallest absolute Gasteiger partial charge is 0.228 e. The van der Waals surface area contributed by atoms with Crippen LogP contribution in [0.4, 0.5) is 5.95 Å². The zero-order valence-electron chi connectivity index (χ0n) is 17.7. The molecule has 7 nitrogen and oxygen atoms in total. The number of carbonyl (C=O) groups excluding carboxylic acids is 1. The number of furan rings is 1.